The fourth-order valence-electron chi connectivity index (χ4n) is 1.80. The van der Waals surface area contributed by atoms with Crippen LogP contribution in [0.1, 0.15) is 10.4 Å². The van der Waals surface area contributed by atoms with E-state index in [0.717, 1.165) is 0 Å². The van der Waals surface area contributed by atoms with Crippen molar-refractivity contribution in [2.24, 2.45) is 5.73 Å². The third-order valence-corrected chi connectivity index (χ3v) is 2.98. The molecule has 0 atom stereocenters. The van der Waals surface area contributed by atoms with Crippen molar-refractivity contribution in [1.82, 2.24) is 0 Å². The Morgan fingerprint density at radius 1 is 1.10 bits per heavy atom. The molecule has 0 saturated heterocycles. The number of carbonyl (C=O) groups is 2. The Morgan fingerprint density at radius 3 is 2.57 bits per heavy atom. The van der Waals surface area contributed by atoms with Gasteiger partial charge >= 0.3 is 0 Å². The highest BCUT2D eigenvalue weighted by molar-refractivity contribution is 6.30. The number of nitrogens with two attached hydrogens (primary N) is 1. The Morgan fingerprint density at radius 2 is 1.86 bits per heavy atom. The fourth-order valence-corrected chi connectivity index (χ4v) is 1.99. The fraction of sp³-hybridized carbons (Fsp3) is 0.0667. The molecule has 6 heteroatoms. The molecule has 0 aromatic heterocycles. The number of hydrogen-bond donors (Lipinski definition) is 3. The molecule has 2 rings (SSSR count). The number of primary amides is 1. The molecule has 0 spiro atoms. The quantitative estimate of drug-likeness (QED) is 0.793. The van der Waals surface area contributed by atoms with E-state index >= 15 is 0 Å². The average Bonchev–Trinajstić information content (AvgIpc) is 2.45. The second-order valence-corrected chi connectivity index (χ2v) is 4.76. The van der Waals surface area contributed by atoms with Crippen LogP contribution in [-0.4, -0.2) is 18.4 Å². The van der Waals surface area contributed by atoms with E-state index in [1.165, 1.54) is 0 Å². The van der Waals surface area contributed by atoms with Crippen LogP contribution < -0.4 is 16.4 Å². The van der Waals surface area contributed by atoms with Crippen LogP contribution in [0.25, 0.3) is 0 Å². The summed E-state index contributed by atoms with van der Waals surface area (Å²) < 4.78 is 0. The number of amides is 2. The van der Waals surface area contributed by atoms with Crippen LogP contribution >= 0.6 is 11.6 Å². The maximum atomic E-state index is 11.8. The molecule has 0 saturated carbocycles. The Kier molecular flexibility index (Phi) is 4.79. The number of para-hydroxylation sites is 1. The van der Waals surface area contributed by atoms with Crippen molar-refractivity contribution in [3.8, 4) is 0 Å². The number of carbonyl (C=O) groups excluding carboxylic acids is 2. The average molecular weight is 304 g/mol. The molecule has 0 fully saturated rings. The van der Waals surface area contributed by atoms with Crippen LogP contribution in [0.15, 0.2) is 48.5 Å². The lowest BCUT2D eigenvalue weighted by Crippen LogP contribution is -2.23. The monoisotopic (exact) mass is 303 g/mol. The topological polar surface area (TPSA) is 84.2 Å². The van der Waals surface area contributed by atoms with Crippen molar-refractivity contribution in [3.63, 3.8) is 0 Å². The van der Waals surface area contributed by atoms with E-state index in [1.54, 1.807) is 48.5 Å². The highest BCUT2D eigenvalue weighted by atomic mass is 35.5. The summed E-state index contributed by atoms with van der Waals surface area (Å²) in [6, 6.07) is 13.6. The van der Waals surface area contributed by atoms with Gasteiger partial charge in [-0.05, 0) is 30.3 Å². The van der Waals surface area contributed by atoms with Crippen LogP contribution in [0, 0.1) is 0 Å². The standard InChI is InChI=1S/C15H14ClN3O2/c16-10-4-3-5-11(8-10)19-14(20)9-18-13-7-2-1-6-12(13)15(17)21/h1-8,18H,9H2,(H2,17,21)(H,19,20). The number of nitrogens with one attached hydrogen (secondary N) is 2. The summed E-state index contributed by atoms with van der Waals surface area (Å²) in [7, 11) is 0. The molecular formula is C15H14ClN3O2. The van der Waals surface area contributed by atoms with E-state index in [0.29, 0.717) is 22.0 Å². The molecule has 0 radical (unpaired) electrons. The smallest absolute Gasteiger partial charge is 0.250 e. The number of rotatable bonds is 5. The lowest BCUT2D eigenvalue weighted by Gasteiger charge is -2.10. The van der Waals surface area contributed by atoms with Gasteiger partial charge in [-0.15, -0.1) is 0 Å². The molecule has 0 aliphatic heterocycles. The largest absolute Gasteiger partial charge is 0.376 e. The highest BCUT2D eigenvalue weighted by Crippen LogP contribution is 2.16. The molecule has 5 nitrogen and oxygen atoms in total. The van der Waals surface area contributed by atoms with E-state index < -0.39 is 5.91 Å². The zero-order valence-corrected chi connectivity index (χ0v) is 11.9. The normalized spacial score (nSPS) is 9.95. The van der Waals surface area contributed by atoms with Crippen molar-refractivity contribution in [3.05, 3.63) is 59.1 Å². The summed E-state index contributed by atoms with van der Waals surface area (Å²) in [6.45, 7) is 0.0107. The SMILES string of the molecule is NC(=O)c1ccccc1NCC(=O)Nc1cccc(Cl)c1. The Balaban J connectivity index is 1.97. The van der Waals surface area contributed by atoms with Gasteiger partial charge in [0.1, 0.15) is 0 Å². The summed E-state index contributed by atoms with van der Waals surface area (Å²) in [5.41, 5.74) is 6.74. The first kappa shape index (κ1) is 14.9. The molecule has 2 aromatic carbocycles. The summed E-state index contributed by atoms with van der Waals surface area (Å²) in [5, 5.41) is 6.12. The molecule has 4 N–H and O–H groups in total. The lowest BCUT2D eigenvalue weighted by molar-refractivity contribution is -0.114. The zero-order chi connectivity index (χ0) is 15.2. The summed E-state index contributed by atoms with van der Waals surface area (Å²) in [4.78, 5) is 23.1. The van der Waals surface area contributed by atoms with Gasteiger partial charge in [0.15, 0.2) is 0 Å². The summed E-state index contributed by atoms with van der Waals surface area (Å²) in [6.07, 6.45) is 0. The number of benzene rings is 2. The summed E-state index contributed by atoms with van der Waals surface area (Å²) >= 11 is 5.84. The second kappa shape index (κ2) is 6.76. The Labute approximate surface area is 127 Å². The van der Waals surface area contributed by atoms with Crippen molar-refractivity contribution in [2.75, 3.05) is 17.2 Å². The molecular weight excluding hydrogens is 290 g/mol. The van der Waals surface area contributed by atoms with Crippen molar-refractivity contribution in [1.29, 1.82) is 0 Å². The van der Waals surface area contributed by atoms with Gasteiger partial charge in [0.2, 0.25) is 5.91 Å². The van der Waals surface area contributed by atoms with Gasteiger partial charge in [-0.3, -0.25) is 9.59 Å². The van der Waals surface area contributed by atoms with Crippen molar-refractivity contribution >= 4 is 34.8 Å². The lowest BCUT2D eigenvalue weighted by atomic mass is 10.1. The molecule has 2 amide bonds. The van der Waals surface area contributed by atoms with Crippen molar-refractivity contribution in [2.45, 2.75) is 0 Å². The molecule has 0 unspecified atom stereocenters. The number of halogens is 1. The third kappa shape index (κ3) is 4.22. The first-order valence-corrected chi connectivity index (χ1v) is 6.62. The number of anilines is 2. The van der Waals surface area contributed by atoms with Gasteiger partial charge in [-0.1, -0.05) is 29.8 Å². The second-order valence-electron chi connectivity index (χ2n) is 4.32. The van der Waals surface area contributed by atoms with Gasteiger partial charge in [0.25, 0.3) is 5.91 Å². The molecule has 21 heavy (non-hydrogen) atoms. The van der Waals surface area contributed by atoms with Gasteiger partial charge in [-0.2, -0.15) is 0 Å². The van der Waals surface area contributed by atoms with Gasteiger partial charge < -0.3 is 16.4 Å². The van der Waals surface area contributed by atoms with Crippen molar-refractivity contribution < 1.29 is 9.59 Å². The Bertz CT molecular complexity index is 673. The molecule has 2 aromatic rings. The number of hydrogen-bond acceptors (Lipinski definition) is 3. The van der Waals surface area contributed by atoms with Gasteiger partial charge in [0.05, 0.1) is 12.1 Å². The van der Waals surface area contributed by atoms with Crippen LogP contribution in [0.3, 0.4) is 0 Å². The first-order valence-electron chi connectivity index (χ1n) is 6.24. The van der Waals surface area contributed by atoms with E-state index in [9.17, 15) is 9.59 Å². The Hall–Kier alpha value is -2.53. The molecule has 0 bridgehead atoms. The zero-order valence-electron chi connectivity index (χ0n) is 11.1. The van der Waals surface area contributed by atoms with E-state index in [1.807, 2.05) is 0 Å². The van der Waals surface area contributed by atoms with Gasteiger partial charge in [-0.25, -0.2) is 0 Å². The van der Waals surface area contributed by atoms with E-state index in [2.05, 4.69) is 10.6 Å². The predicted molar refractivity (Wildman–Crippen MR) is 83.5 cm³/mol. The molecule has 0 aliphatic rings. The van der Waals surface area contributed by atoms with Crippen LogP contribution in [0.5, 0.6) is 0 Å². The maximum Gasteiger partial charge on any atom is 0.250 e. The van der Waals surface area contributed by atoms with Crippen LogP contribution in [-0.2, 0) is 4.79 Å². The molecule has 108 valence electrons. The predicted octanol–water partition coefficient (Wildman–Crippen LogP) is 2.49. The van der Waals surface area contributed by atoms with Gasteiger partial charge in [0, 0.05) is 16.4 Å². The minimum Gasteiger partial charge on any atom is -0.376 e. The van der Waals surface area contributed by atoms with Crippen LogP contribution in [0.4, 0.5) is 11.4 Å². The summed E-state index contributed by atoms with van der Waals surface area (Å²) in [5.74, 6) is -0.801. The molecule has 0 aliphatic carbocycles. The minimum absolute atomic E-state index is 0.0107. The third-order valence-electron chi connectivity index (χ3n) is 2.74. The maximum absolute atomic E-state index is 11.8. The van der Waals surface area contributed by atoms with E-state index in [-0.39, 0.29) is 12.5 Å². The minimum atomic E-state index is -0.548. The highest BCUT2D eigenvalue weighted by Gasteiger charge is 2.08. The molecule has 0 heterocycles. The first-order chi connectivity index (χ1) is 10.1. The van der Waals surface area contributed by atoms with E-state index in [4.69, 9.17) is 17.3 Å². The van der Waals surface area contributed by atoms with Crippen LogP contribution in [0.2, 0.25) is 5.02 Å².